The van der Waals surface area contributed by atoms with Gasteiger partial charge in [-0.05, 0) is 52.6 Å². The standard InChI is InChI=1S/C36H25N3O/c1-36(2)29-16-10-9-15-25(29)26-20-28-27-19-24(17-18-31(27)40-32(28)21-30(26)36)35-38-33(22-11-5-3-6-12-22)37-34(39-35)23-13-7-4-8-14-23/h3-21H,1-2H3. The molecule has 0 unspecified atom stereocenters. The monoisotopic (exact) mass is 515 g/mol. The summed E-state index contributed by atoms with van der Waals surface area (Å²) in [5.74, 6) is 1.94. The zero-order chi connectivity index (χ0) is 26.8. The highest BCUT2D eigenvalue weighted by molar-refractivity contribution is 6.08. The largest absolute Gasteiger partial charge is 0.456 e. The van der Waals surface area contributed by atoms with E-state index < -0.39 is 0 Å². The Kier molecular flexibility index (Phi) is 4.83. The molecule has 2 aromatic heterocycles. The van der Waals surface area contributed by atoms with Crippen LogP contribution in [0.2, 0.25) is 0 Å². The van der Waals surface area contributed by atoms with Crippen molar-refractivity contribution in [2.75, 3.05) is 0 Å². The van der Waals surface area contributed by atoms with Crippen LogP contribution >= 0.6 is 0 Å². The lowest BCUT2D eigenvalue weighted by molar-refractivity contribution is 0.647. The minimum absolute atomic E-state index is 0.0726. The number of rotatable bonds is 3. The van der Waals surface area contributed by atoms with Crippen molar-refractivity contribution >= 4 is 21.9 Å². The molecule has 0 atom stereocenters. The first-order valence-electron chi connectivity index (χ1n) is 13.5. The lowest BCUT2D eigenvalue weighted by Crippen LogP contribution is -2.14. The van der Waals surface area contributed by atoms with Crippen molar-refractivity contribution in [1.29, 1.82) is 0 Å². The van der Waals surface area contributed by atoms with E-state index in [4.69, 9.17) is 19.4 Å². The fourth-order valence-corrected chi connectivity index (χ4v) is 6.05. The average Bonchev–Trinajstić information content (AvgIpc) is 3.48. The van der Waals surface area contributed by atoms with E-state index in [2.05, 4.69) is 56.3 Å². The molecule has 2 heterocycles. The van der Waals surface area contributed by atoms with Crippen molar-refractivity contribution in [3.63, 3.8) is 0 Å². The molecule has 0 saturated carbocycles. The maximum absolute atomic E-state index is 6.39. The maximum atomic E-state index is 6.39. The third-order valence-electron chi connectivity index (χ3n) is 8.13. The number of nitrogens with zero attached hydrogens (tertiary/aromatic N) is 3. The number of fused-ring (bicyclic) bond motifs is 6. The summed E-state index contributed by atoms with van der Waals surface area (Å²) in [5.41, 5.74) is 9.75. The molecular formula is C36H25N3O. The third kappa shape index (κ3) is 3.43. The van der Waals surface area contributed by atoms with E-state index in [-0.39, 0.29) is 5.41 Å². The number of aromatic nitrogens is 3. The van der Waals surface area contributed by atoms with Crippen molar-refractivity contribution in [2.24, 2.45) is 0 Å². The first kappa shape index (κ1) is 22.9. The highest BCUT2D eigenvalue weighted by Gasteiger charge is 2.36. The Morgan fingerprint density at radius 1 is 0.475 bits per heavy atom. The van der Waals surface area contributed by atoms with E-state index in [0.29, 0.717) is 17.5 Å². The van der Waals surface area contributed by atoms with Crippen LogP contribution in [0.25, 0.3) is 67.2 Å². The fourth-order valence-electron chi connectivity index (χ4n) is 6.05. The first-order valence-corrected chi connectivity index (χ1v) is 13.5. The van der Waals surface area contributed by atoms with Crippen molar-refractivity contribution in [2.45, 2.75) is 19.3 Å². The second-order valence-electron chi connectivity index (χ2n) is 10.9. The van der Waals surface area contributed by atoms with E-state index in [9.17, 15) is 0 Å². The summed E-state index contributed by atoms with van der Waals surface area (Å²) in [5, 5.41) is 2.16. The Labute approximate surface area is 232 Å². The van der Waals surface area contributed by atoms with Crippen LogP contribution in [-0.2, 0) is 5.41 Å². The van der Waals surface area contributed by atoms with E-state index >= 15 is 0 Å². The lowest BCUT2D eigenvalue weighted by atomic mass is 9.82. The predicted octanol–water partition coefficient (Wildman–Crippen LogP) is 9.08. The maximum Gasteiger partial charge on any atom is 0.164 e. The van der Waals surface area contributed by atoms with Crippen molar-refractivity contribution in [1.82, 2.24) is 15.0 Å². The van der Waals surface area contributed by atoms with Crippen molar-refractivity contribution < 1.29 is 4.42 Å². The molecule has 4 heteroatoms. The molecule has 7 aromatic rings. The van der Waals surface area contributed by atoms with Crippen molar-refractivity contribution in [3.05, 3.63) is 126 Å². The molecule has 0 saturated heterocycles. The molecule has 0 aliphatic heterocycles. The van der Waals surface area contributed by atoms with Crippen LogP contribution in [0.1, 0.15) is 25.0 Å². The van der Waals surface area contributed by atoms with Gasteiger partial charge in [-0.15, -0.1) is 0 Å². The molecule has 190 valence electrons. The molecule has 5 aromatic carbocycles. The Hall–Kier alpha value is -5.09. The normalized spacial score (nSPS) is 13.4. The van der Waals surface area contributed by atoms with E-state index in [1.54, 1.807) is 0 Å². The zero-order valence-electron chi connectivity index (χ0n) is 22.2. The van der Waals surface area contributed by atoms with Gasteiger partial charge in [0, 0.05) is 32.9 Å². The van der Waals surface area contributed by atoms with Gasteiger partial charge in [-0.2, -0.15) is 0 Å². The summed E-state index contributed by atoms with van der Waals surface area (Å²) in [7, 11) is 0. The highest BCUT2D eigenvalue weighted by Crippen LogP contribution is 2.50. The van der Waals surface area contributed by atoms with Gasteiger partial charge in [-0.25, -0.2) is 15.0 Å². The number of hydrogen-bond donors (Lipinski definition) is 0. The molecule has 0 amide bonds. The topological polar surface area (TPSA) is 51.8 Å². The molecule has 1 aliphatic carbocycles. The lowest BCUT2D eigenvalue weighted by Gasteiger charge is -2.21. The summed E-state index contributed by atoms with van der Waals surface area (Å²) in [6.07, 6.45) is 0. The second kappa shape index (κ2) is 8.45. The van der Waals surface area contributed by atoms with E-state index in [1.165, 1.54) is 22.3 Å². The van der Waals surface area contributed by atoms with Gasteiger partial charge < -0.3 is 4.42 Å². The molecule has 4 nitrogen and oxygen atoms in total. The Morgan fingerprint density at radius 2 is 1.05 bits per heavy atom. The highest BCUT2D eigenvalue weighted by atomic mass is 16.3. The zero-order valence-corrected chi connectivity index (χ0v) is 22.2. The predicted molar refractivity (Wildman–Crippen MR) is 161 cm³/mol. The van der Waals surface area contributed by atoms with Crippen LogP contribution in [0.15, 0.2) is 120 Å². The van der Waals surface area contributed by atoms with Gasteiger partial charge in [-0.3, -0.25) is 0 Å². The quantitative estimate of drug-likeness (QED) is 0.235. The average molecular weight is 516 g/mol. The van der Waals surface area contributed by atoms with Crippen LogP contribution in [0.4, 0.5) is 0 Å². The Balaban J connectivity index is 1.33. The van der Waals surface area contributed by atoms with Gasteiger partial charge in [0.2, 0.25) is 0 Å². The molecule has 0 bridgehead atoms. The number of furan rings is 1. The summed E-state index contributed by atoms with van der Waals surface area (Å²) in [4.78, 5) is 14.7. The van der Waals surface area contributed by atoms with Gasteiger partial charge in [-0.1, -0.05) is 98.8 Å². The van der Waals surface area contributed by atoms with Gasteiger partial charge in [0.15, 0.2) is 17.5 Å². The minimum Gasteiger partial charge on any atom is -0.456 e. The number of hydrogen-bond acceptors (Lipinski definition) is 4. The smallest absolute Gasteiger partial charge is 0.164 e. The van der Waals surface area contributed by atoms with Gasteiger partial charge in [0.1, 0.15) is 11.2 Å². The second-order valence-corrected chi connectivity index (χ2v) is 10.9. The number of benzene rings is 5. The molecule has 0 N–H and O–H groups in total. The molecule has 0 radical (unpaired) electrons. The molecule has 0 spiro atoms. The summed E-state index contributed by atoms with van der Waals surface area (Å²) in [6, 6.07) is 39.6. The minimum atomic E-state index is -0.0726. The Bertz CT molecular complexity index is 2020. The van der Waals surface area contributed by atoms with Crippen LogP contribution < -0.4 is 0 Å². The molecule has 8 rings (SSSR count). The summed E-state index contributed by atoms with van der Waals surface area (Å²) in [6.45, 7) is 4.58. The molecular weight excluding hydrogens is 490 g/mol. The van der Waals surface area contributed by atoms with Crippen LogP contribution in [0, 0.1) is 0 Å². The van der Waals surface area contributed by atoms with Gasteiger partial charge in [0.25, 0.3) is 0 Å². The van der Waals surface area contributed by atoms with E-state index in [0.717, 1.165) is 38.6 Å². The SMILES string of the molecule is CC1(C)c2ccccc2-c2cc3c(cc21)oc1ccc(-c2nc(-c4ccccc4)nc(-c4ccccc4)n2)cc13. The van der Waals surface area contributed by atoms with Crippen LogP contribution in [0.3, 0.4) is 0 Å². The van der Waals surface area contributed by atoms with Crippen LogP contribution in [0.5, 0.6) is 0 Å². The Morgan fingerprint density at radius 3 is 1.73 bits per heavy atom. The molecule has 1 aliphatic rings. The van der Waals surface area contributed by atoms with Crippen molar-refractivity contribution in [3.8, 4) is 45.3 Å². The third-order valence-corrected chi connectivity index (χ3v) is 8.13. The molecule has 0 fully saturated rings. The molecule has 40 heavy (non-hydrogen) atoms. The van der Waals surface area contributed by atoms with E-state index in [1.807, 2.05) is 72.8 Å². The van der Waals surface area contributed by atoms with Crippen LogP contribution in [-0.4, -0.2) is 15.0 Å². The van der Waals surface area contributed by atoms with Gasteiger partial charge in [0.05, 0.1) is 0 Å². The summed E-state index contributed by atoms with van der Waals surface area (Å²) >= 11 is 0. The van der Waals surface area contributed by atoms with Gasteiger partial charge >= 0.3 is 0 Å². The first-order chi connectivity index (χ1) is 19.6. The summed E-state index contributed by atoms with van der Waals surface area (Å²) < 4.78 is 6.39. The fraction of sp³-hybridized carbons (Fsp3) is 0.0833.